The van der Waals surface area contributed by atoms with Crippen molar-refractivity contribution >= 4 is 5.82 Å². The predicted molar refractivity (Wildman–Crippen MR) is 81.4 cm³/mol. The largest absolute Gasteiger partial charge is 0.370 e. The van der Waals surface area contributed by atoms with Crippen LogP contribution in [0.1, 0.15) is 51.6 Å². The number of anilines is 1. The van der Waals surface area contributed by atoms with E-state index >= 15 is 0 Å². The summed E-state index contributed by atoms with van der Waals surface area (Å²) in [4.78, 5) is 7.16. The van der Waals surface area contributed by atoms with Gasteiger partial charge in [-0.1, -0.05) is 26.8 Å². The van der Waals surface area contributed by atoms with E-state index in [1.807, 2.05) is 6.20 Å². The van der Waals surface area contributed by atoms with Crippen LogP contribution < -0.4 is 5.32 Å². The van der Waals surface area contributed by atoms with Crippen molar-refractivity contribution in [1.29, 1.82) is 0 Å². The van der Waals surface area contributed by atoms with Gasteiger partial charge in [0, 0.05) is 24.3 Å². The van der Waals surface area contributed by atoms with Gasteiger partial charge in [0.25, 0.3) is 0 Å². The summed E-state index contributed by atoms with van der Waals surface area (Å²) in [7, 11) is 0. The molecule has 2 rings (SSSR count). The summed E-state index contributed by atoms with van der Waals surface area (Å²) in [5.41, 5.74) is 1.38. The Morgan fingerprint density at radius 3 is 3.05 bits per heavy atom. The van der Waals surface area contributed by atoms with Crippen LogP contribution in [0.4, 0.5) is 5.82 Å². The Morgan fingerprint density at radius 2 is 2.32 bits per heavy atom. The molecule has 1 aliphatic heterocycles. The third-order valence-corrected chi connectivity index (χ3v) is 3.75. The SMILES string of the molecule is CCCN1CCC[C@H]1c1cccnc1NCC(C)C. The third kappa shape index (κ3) is 3.69. The highest BCUT2D eigenvalue weighted by molar-refractivity contribution is 5.46. The number of likely N-dealkylation sites (tertiary alicyclic amines) is 1. The zero-order valence-electron chi connectivity index (χ0n) is 12.5. The molecule has 0 saturated carbocycles. The van der Waals surface area contributed by atoms with Crippen molar-refractivity contribution in [2.24, 2.45) is 5.92 Å². The van der Waals surface area contributed by atoms with E-state index in [0.29, 0.717) is 12.0 Å². The summed E-state index contributed by atoms with van der Waals surface area (Å²) in [6, 6.07) is 4.87. The van der Waals surface area contributed by atoms with Gasteiger partial charge in [-0.05, 0) is 44.3 Å². The van der Waals surface area contributed by atoms with Crippen LogP contribution in [0.2, 0.25) is 0 Å². The second-order valence-corrected chi connectivity index (χ2v) is 5.91. The van der Waals surface area contributed by atoms with Crippen LogP contribution in [0, 0.1) is 5.92 Å². The van der Waals surface area contributed by atoms with Crippen LogP contribution in [0.3, 0.4) is 0 Å². The van der Waals surface area contributed by atoms with E-state index < -0.39 is 0 Å². The highest BCUT2D eigenvalue weighted by Gasteiger charge is 2.27. The summed E-state index contributed by atoms with van der Waals surface area (Å²) in [6.07, 6.45) is 5.70. The van der Waals surface area contributed by atoms with Gasteiger partial charge in [0.1, 0.15) is 5.82 Å². The Morgan fingerprint density at radius 1 is 1.47 bits per heavy atom. The van der Waals surface area contributed by atoms with E-state index in [0.717, 1.165) is 12.4 Å². The van der Waals surface area contributed by atoms with Crippen LogP contribution in [0.5, 0.6) is 0 Å². The molecule has 1 aromatic rings. The lowest BCUT2D eigenvalue weighted by Gasteiger charge is -2.26. The lowest BCUT2D eigenvalue weighted by molar-refractivity contribution is 0.258. The molecule has 1 N–H and O–H groups in total. The zero-order valence-corrected chi connectivity index (χ0v) is 12.5. The molecule has 1 atom stereocenters. The Bertz CT molecular complexity index is 389. The smallest absolute Gasteiger partial charge is 0.130 e. The minimum atomic E-state index is 0.559. The van der Waals surface area contributed by atoms with Crippen LogP contribution >= 0.6 is 0 Å². The quantitative estimate of drug-likeness (QED) is 0.846. The maximum absolute atomic E-state index is 4.55. The summed E-state index contributed by atoms with van der Waals surface area (Å²) < 4.78 is 0. The van der Waals surface area contributed by atoms with E-state index in [-0.39, 0.29) is 0 Å². The molecule has 0 aromatic carbocycles. The summed E-state index contributed by atoms with van der Waals surface area (Å²) in [5.74, 6) is 1.73. The van der Waals surface area contributed by atoms with Crippen molar-refractivity contribution in [3.63, 3.8) is 0 Å². The molecule has 0 radical (unpaired) electrons. The maximum Gasteiger partial charge on any atom is 0.130 e. The molecule has 1 fully saturated rings. The van der Waals surface area contributed by atoms with Gasteiger partial charge in [-0.3, -0.25) is 4.90 Å². The number of hydrogen-bond acceptors (Lipinski definition) is 3. The zero-order chi connectivity index (χ0) is 13.7. The van der Waals surface area contributed by atoms with Crippen molar-refractivity contribution in [2.45, 2.75) is 46.1 Å². The molecule has 3 nitrogen and oxygen atoms in total. The first kappa shape index (κ1) is 14.3. The van der Waals surface area contributed by atoms with E-state index in [1.54, 1.807) is 0 Å². The molecule has 0 amide bonds. The van der Waals surface area contributed by atoms with E-state index in [9.17, 15) is 0 Å². The second-order valence-electron chi connectivity index (χ2n) is 5.91. The number of aromatic nitrogens is 1. The van der Waals surface area contributed by atoms with Gasteiger partial charge in [-0.25, -0.2) is 4.98 Å². The van der Waals surface area contributed by atoms with Gasteiger partial charge in [0.2, 0.25) is 0 Å². The molecule has 0 unspecified atom stereocenters. The number of nitrogens with zero attached hydrogens (tertiary/aromatic N) is 2. The molecule has 3 heteroatoms. The van der Waals surface area contributed by atoms with Crippen molar-refractivity contribution in [1.82, 2.24) is 9.88 Å². The van der Waals surface area contributed by atoms with Gasteiger partial charge in [-0.15, -0.1) is 0 Å². The molecule has 2 heterocycles. The highest BCUT2D eigenvalue weighted by Crippen LogP contribution is 2.34. The Balaban J connectivity index is 2.14. The van der Waals surface area contributed by atoms with Crippen molar-refractivity contribution in [3.8, 4) is 0 Å². The normalized spacial score (nSPS) is 20.1. The molecule has 0 bridgehead atoms. The van der Waals surface area contributed by atoms with Crippen molar-refractivity contribution in [3.05, 3.63) is 23.9 Å². The van der Waals surface area contributed by atoms with E-state index in [1.165, 1.54) is 37.9 Å². The molecular weight excluding hydrogens is 234 g/mol. The van der Waals surface area contributed by atoms with Crippen LogP contribution in [-0.4, -0.2) is 29.5 Å². The number of hydrogen-bond donors (Lipinski definition) is 1. The summed E-state index contributed by atoms with van der Waals surface area (Å²) in [5, 5.41) is 3.51. The van der Waals surface area contributed by atoms with Gasteiger partial charge < -0.3 is 5.32 Å². The van der Waals surface area contributed by atoms with Crippen LogP contribution in [0.25, 0.3) is 0 Å². The second kappa shape index (κ2) is 6.90. The Kier molecular flexibility index (Phi) is 5.20. The van der Waals surface area contributed by atoms with Crippen LogP contribution in [-0.2, 0) is 0 Å². The van der Waals surface area contributed by atoms with Crippen LogP contribution in [0.15, 0.2) is 18.3 Å². The van der Waals surface area contributed by atoms with Gasteiger partial charge >= 0.3 is 0 Å². The molecule has 0 spiro atoms. The predicted octanol–water partition coefficient (Wildman–Crippen LogP) is 3.70. The molecular formula is C16H27N3. The first-order valence-electron chi connectivity index (χ1n) is 7.65. The first-order valence-corrected chi connectivity index (χ1v) is 7.65. The third-order valence-electron chi connectivity index (χ3n) is 3.75. The monoisotopic (exact) mass is 261 g/mol. The molecule has 1 aromatic heterocycles. The number of nitrogens with one attached hydrogen (secondary N) is 1. The fourth-order valence-electron chi connectivity index (χ4n) is 2.87. The fourth-order valence-corrected chi connectivity index (χ4v) is 2.87. The molecule has 19 heavy (non-hydrogen) atoms. The van der Waals surface area contributed by atoms with Crippen molar-refractivity contribution < 1.29 is 0 Å². The standard InChI is InChI=1S/C16H27N3/c1-4-10-19-11-6-8-15(19)14-7-5-9-17-16(14)18-12-13(2)3/h5,7,9,13,15H,4,6,8,10-12H2,1-3H3,(H,17,18)/t15-/m0/s1. The Hall–Kier alpha value is -1.09. The average Bonchev–Trinajstić information content (AvgIpc) is 2.85. The molecule has 106 valence electrons. The average molecular weight is 261 g/mol. The molecule has 0 aliphatic carbocycles. The highest BCUT2D eigenvalue weighted by atomic mass is 15.2. The van der Waals surface area contributed by atoms with Gasteiger partial charge in [-0.2, -0.15) is 0 Å². The topological polar surface area (TPSA) is 28.2 Å². The summed E-state index contributed by atoms with van der Waals surface area (Å²) >= 11 is 0. The van der Waals surface area contributed by atoms with Crippen molar-refractivity contribution in [2.75, 3.05) is 25.0 Å². The van der Waals surface area contributed by atoms with Gasteiger partial charge in [0.15, 0.2) is 0 Å². The van der Waals surface area contributed by atoms with E-state index in [4.69, 9.17) is 0 Å². The van der Waals surface area contributed by atoms with Gasteiger partial charge in [0.05, 0.1) is 0 Å². The number of rotatable bonds is 6. The Labute approximate surface area is 117 Å². The molecule has 1 aliphatic rings. The number of pyridine rings is 1. The maximum atomic E-state index is 4.55. The summed E-state index contributed by atoms with van der Waals surface area (Å²) in [6.45, 7) is 10.1. The first-order chi connectivity index (χ1) is 9.22. The minimum Gasteiger partial charge on any atom is -0.370 e. The molecule has 1 saturated heterocycles. The van der Waals surface area contributed by atoms with E-state index in [2.05, 4.69) is 48.1 Å². The fraction of sp³-hybridized carbons (Fsp3) is 0.688. The minimum absolute atomic E-state index is 0.559. The lowest BCUT2D eigenvalue weighted by atomic mass is 10.0. The lowest BCUT2D eigenvalue weighted by Crippen LogP contribution is -2.25.